The molecule has 8 heteroatoms. The van der Waals surface area contributed by atoms with Crippen LogP contribution < -0.4 is 0 Å². The summed E-state index contributed by atoms with van der Waals surface area (Å²) < 4.78 is 0. The summed E-state index contributed by atoms with van der Waals surface area (Å²) in [6, 6.07) is 12.4. The number of aromatic nitrogens is 2. The van der Waals surface area contributed by atoms with Crippen molar-refractivity contribution in [2.45, 2.75) is 0 Å². The number of non-ortho nitro benzene ring substituents is 1. The predicted molar refractivity (Wildman–Crippen MR) is 88.1 cm³/mol. The number of imidazole rings is 1. The summed E-state index contributed by atoms with van der Waals surface area (Å²) in [4.78, 5) is 28.8. The Hall–Kier alpha value is -3.19. The normalized spacial score (nSPS) is 10.5. The van der Waals surface area contributed by atoms with Crippen molar-refractivity contribution in [1.82, 2.24) is 9.97 Å². The molecule has 0 bridgehead atoms. The topological polar surface area (TPSA) is 109 Å². The Labute approximate surface area is 140 Å². The van der Waals surface area contributed by atoms with Gasteiger partial charge in [-0.3, -0.25) is 10.1 Å². The number of nitrogens with zero attached hydrogens (tertiary/aromatic N) is 2. The summed E-state index contributed by atoms with van der Waals surface area (Å²) >= 11 is 5.84. The van der Waals surface area contributed by atoms with E-state index in [1.807, 2.05) is 0 Å². The quantitative estimate of drug-likeness (QED) is 0.549. The number of halogens is 1. The number of benzene rings is 2. The molecule has 0 aliphatic heterocycles. The van der Waals surface area contributed by atoms with Crippen molar-refractivity contribution in [3.8, 4) is 22.6 Å². The van der Waals surface area contributed by atoms with Crippen LogP contribution in [0, 0.1) is 10.1 Å². The summed E-state index contributed by atoms with van der Waals surface area (Å²) in [6.07, 6.45) is 0. The first-order valence-electron chi connectivity index (χ1n) is 6.80. The van der Waals surface area contributed by atoms with Gasteiger partial charge in [-0.25, -0.2) is 9.78 Å². The SMILES string of the molecule is O=C(O)c1nc(-c2cccc([N+](=O)[O-])c2)[nH]c1-c1ccc(Cl)cc1. The largest absolute Gasteiger partial charge is 0.476 e. The lowest BCUT2D eigenvalue weighted by atomic mass is 10.1. The lowest BCUT2D eigenvalue weighted by Crippen LogP contribution is -1.99. The van der Waals surface area contributed by atoms with E-state index in [0.717, 1.165) is 0 Å². The van der Waals surface area contributed by atoms with Gasteiger partial charge >= 0.3 is 5.97 Å². The Morgan fingerprint density at radius 2 is 1.88 bits per heavy atom. The number of aromatic amines is 1. The van der Waals surface area contributed by atoms with Crippen LogP contribution in [0.1, 0.15) is 10.5 Å². The van der Waals surface area contributed by atoms with Crippen LogP contribution >= 0.6 is 11.6 Å². The number of H-pyrrole nitrogens is 1. The molecular formula is C16H10ClN3O4. The monoisotopic (exact) mass is 343 g/mol. The molecule has 1 aromatic heterocycles. The van der Waals surface area contributed by atoms with Gasteiger partial charge in [0.2, 0.25) is 0 Å². The lowest BCUT2D eigenvalue weighted by molar-refractivity contribution is -0.384. The highest BCUT2D eigenvalue weighted by Gasteiger charge is 2.19. The number of rotatable bonds is 4. The Balaban J connectivity index is 2.13. The molecule has 0 aliphatic rings. The smallest absolute Gasteiger partial charge is 0.356 e. The van der Waals surface area contributed by atoms with Crippen LogP contribution in [0.3, 0.4) is 0 Å². The molecule has 0 saturated heterocycles. The van der Waals surface area contributed by atoms with Gasteiger partial charge in [-0.1, -0.05) is 35.9 Å². The first-order valence-corrected chi connectivity index (χ1v) is 7.17. The average Bonchev–Trinajstić information content (AvgIpc) is 3.01. The molecule has 0 amide bonds. The first kappa shape index (κ1) is 15.7. The minimum atomic E-state index is -1.20. The molecule has 120 valence electrons. The summed E-state index contributed by atoms with van der Waals surface area (Å²) in [5, 5.41) is 20.8. The summed E-state index contributed by atoms with van der Waals surface area (Å²) in [5.41, 5.74) is 1.06. The van der Waals surface area contributed by atoms with Crippen molar-refractivity contribution in [2.24, 2.45) is 0 Å². The molecule has 2 N–H and O–H groups in total. The fourth-order valence-corrected chi connectivity index (χ4v) is 2.38. The molecule has 0 radical (unpaired) electrons. The molecule has 3 rings (SSSR count). The standard InChI is InChI=1S/C16H10ClN3O4/c17-11-6-4-9(5-7-11)13-14(16(21)22)19-15(18-13)10-2-1-3-12(8-10)20(23)24/h1-8H,(H,18,19)(H,21,22). The Morgan fingerprint density at radius 3 is 2.50 bits per heavy atom. The Kier molecular flexibility index (Phi) is 4.01. The van der Waals surface area contributed by atoms with Crippen molar-refractivity contribution in [2.75, 3.05) is 0 Å². The number of carboxylic acids is 1. The van der Waals surface area contributed by atoms with Crippen molar-refractivity contribution in [1.29, 1.82) is 0 Å². The molecule has 0 fully saturated rings. The van der Waals surface area contributed by atoms with Crippen LogP contribution in [0.2, 0.25) is 5.02 Å². The maximum absolute atomic E-state index is 11.5. The van der Waals surface area contributed by atoms with Crippen LogP contribution in [0.5, 0.6) is 0 Å². The third-order valence-electron chi connectivity index (χ3n) is 3.37. The van der Waals surface area contributed by atoms with Gasteiger partial charge in [0, 0.05) is 28.3 Å². The predicted octanol–water partition coefficient (Wildman–Crippen LogP) is 4.00. The Bertz CT molecular complexity index is 935. The highest BCUT2D eigenvalue weighted by molar-refractivity contribution is 6.30. The zero-order chi connectivity index (χ0) is 17.3. The van der Waals surface area contributed by atoms with E-state index in [9.17, 15) is 20.0 Å². The van der Waals surface area contributed by atoms with Crippen LogP contribution in [0.25, 0.3) is 22.6 Å². The summed E-state index contributed by atoms with van der Waals surface area (Å²) in [6.45, 7) is 0. The van der Waals surface area contributed by atoms with E-state index in [1.54, 1.807) is 30.3 Å². The molecule has 24 heavy (non-hydrogen) atoms. The van der Waals surface area contributed by atoms with Crippen LogP contribution in [0.4, 0.5) is 5.69 Å². The number of hydrogen-bond donors (Lipinski definition) is 2. The molecule has 1 heterocycles. The highest BCUT2D eigenvalue weighted by Crippen LogP contribution is 2.28. The number of nitro groups is 1. The molecule has 0 aliphatic carbocycles. The maximum atomic E-state index is 11.5. The van der Waals surface area contributed by atoms with Crippen molar-refractivity contribution in [3.63, 3.8) is 0 Å². The molecular weight excluding hydrogens is 334 g/mol. The van der Waals surface area contributed by atoms with Crippen LogP contribution in [-0.4, -0.2) is 26.0 Å². The minimum Gasteiger partial charge on any atom is -0.476 e. The van der Waals surface area contributed by atoms with E-state index in [4.69, 9.17) is 11.6 Å². The molecule has 0 unspecified atom stereocenters. The number of aromatic carboxylic acids is 1. The van der Waals surface area contributed by atoms with E-state index in [-0.39, 0.29) is 17.2 Å². The number of carboxylic acid groups (broad SMARTS) is 1. The number of nitrogens with one attached hydrogen (secondary N) is 1. The maximum Gasteiger partial charge on any atom is 0.356 e. The van der Waals surface area contributed by atoms with Gasteiger partial charge in [0.15, 0.2) is 5.69 Å². The summed E-state index contributed by atoms with van der Waals surface area (Å²) in [7, 11) is 0. The minimum absolute atomic E-state index is 0.103. The molecule has 0 spiro atoms. The van der Waals surface area contributed by atoms with Crippen molar-refractivity contribution < 1.29 is 14.8 Å². The third kappa shape index (κ3) is 2.97. The van der Waals surface area contributed by atoms with Crippen LogP contribution in [0.15, 0.2) is 48.5 Å². The van der Waals surface area contributed by atoms with Crippen LogP contribution in [-0.2, 0) is 0 Å². The molecule has 0 saturated carbocycles. The first-order chi connectivity index (χ1) is 11.5. The Morgan fingerprint density at radius 1 is 1.17 bits per heavy atom. The molecule has 7 nitrogen and oxygen atoms in total. The van der Waals surface area contributed by atoms with E-state index >= 15 is 0 Å². The lowest BCUT2D eigenvalue weighted by Gasteiger charge is -2.00. The van der Waals surface area contributed by atoms with Gasteiger partial charge in [0.1, 0.15) is 5.82 Å². The van der Waals surface area contributed by atoms with E-state index in [2.05, 4.69) is 9.97 Å². The van der Waals surface area contributed by atoms with Gasteiger partial charge < -0.3 is 10.1 Å². The second-order valence-electron chi connectivity index (χ2n) is 4.93. The van der Waals surface area contributed by atoms with Gasteiger partial charge in [0.25, 0.3) is 5.69 Å². The summed E-state index contributed by atoms with van der Waals surface area (Å²) in [5.74, 6) is -0.964. The second-order valence-corrected chi connectivity index (χ2v) is 5.36. The van der Waals surface area contributed by atoms with E-state index in [0.29, 0.717) is 21.8 Å². The van der Waals surface area contributed by atoms with Gasteiger partial charge in [-0.05, 0) is 12.1 Å². The van der Waals surface area contributed by atoms with Gasteiger partial charge in [-0.2, -0.15) is 0 Å². The van der Waals surface area contributed by atoms with Crippen molar-refractivity contribution in [3.05, 3.63) is 69.4 Å². The zero-order valence-electron chi connectivity index (χ0n) is 12.1. The fraction of sp³-hybridized carbons (Fsp3) is 0. The third-order valence-corrected chi connectivity index (χ3v) is 3.62. The van der Waals surface area contributed by atoms with E-state index in [1.165, 1.54) is 18.2 Å². The zero-order valence-corrected chi connectivity index (χ0v) is 12.8. The fourth-order valence-electron chi connectivity index (χ4n) is 2.26. The second kappa shape index (κ2) is 6.13. The van der Waals surface area contributed by atoms with Gasteiger partial charge in [0.05, 0.1) is 10.6 Å². The van der Waals surface area contributed by atoms with Gasteiger partial charge in [-0.15, -0.1) is 0 Å². The average molecular weight is 344 g/mol. The molecule has 0 atom stereocenters. The number of hydrogen-bond acceptors (Lipinski definition) is 4. The highest BCUT2D eigenvalue weighted by atomic mass is 35.5. The van der Waals surface area contributed by atoms with E-state index < -0.39 is 10.9 Å². The molecule has 3 aromatic rings. The number of nitro benzene ring substituents is 1. The molecule has 2 aromatic carbocycles. The number of carbonyl (C=O) groups is 1. The van der Waals surface area contributed by atoms with Crippen molar-refractivity contribution >= 4 is 23.3 Å².